The largest absolute Gasteiger partial charge is 0.478 e. The number of unbranched alkanes of at least 4 members (excludes halogenated alkanes) is 2. The Morgan fingerprint density at radius 1 is 0.741 bits per heavy atom. The molecular weight excluding hydrogens is 348 g/mol. The van der Waals surface area contributed by atoms with Gasteiger partial charge in [0.2, 0.25) is 0 Å². The number of carbonyl (C=O) groups is 3. The molecule has 0 spiro atoms. The Kier molecular flexibility index (Phi) is 11.0. The molecule has 0 aromatic rings. The van der Waals surface area contributed by atoms with Crippen LogP contribution in [0.25, 0.3) is 0 Å². The van der Waals surface area contributed by atoms with Gasteiger partial charge in [-0.15, -0.1) is 0 Å². The average Bonchev–Trinajstić information content (AvgIpc) is 2.60. The molecule has 0 saturated heterocycles. The van der Waals surface area contributed by atoms with Crippen LogP contribution in [0.2, 0.25) is 0 Å². The Morgan fingerprint density at radius 2 is 1.22 bits per heavy atom. The number of rotatable bonds is 13. The van der Waals surface area contributed by atoms with Gasteiger partial charge in [0, 0.05) is 16.7 Å². The Bertz CT molecular complexity index is 627. The van der Waals surface area contributed by atoms with Crippen LogP contribution in [0.3, 0.4) is 0 Å². The van der Waals surface area contributed by atoms with Crippen LogP contribution < -0.4 is 0 Å². The highest BCUT2D eigenvalue weighted by Gasteiger charge is 2.26. The average molecular weight is 380 g/mol. The van der Waals surface area contributed by atoms with E-state index in [9.17, 15) is 19.5 Å². The maximum Gasteiger partial charge on any atom is 0.330 e. The molecule has 3 N–H and O–H groups in total. The van der Waals surface area contributed by atoms with Crippen molar-refractivity contribution in [1.82, 2.24) is 0 Å². The third-order valence-electron chi connectivity index (χ3n) is 4.91. The van der Waals surface area contributed by atoms with Gasteiger partial charge in [-0.3, -0.25) is 0 Å². The summed E-state index contributed by atoms with van der Waals surface area (Å²) in [4.78, 5) is 33.0. The van der Waals surface area contributed by atoms with Gasteiger partial charge in [-0.1, -0.05) is 31.6 Å². The lowest BCUT2D eigenvalue weighted by Crippen LogP contribution is -2.19. The molecule has 0 rings (SSSR count). The van der Waals surface area contributed by atoms with Gasteiger partial charge < -0.3 is 15.3 Å². The standard InChI is InChI=1S/C21H32O6/c1-5-21(14-17(4)20(26)27,13-9-11-16(3)19(24)25)12-8-6-7-10-15(2)18(22)23/h10-11,14H,5-9,12-13H2,1-4H3,(H,22,23)(H,24,25)(H,26,27). The summed E-state index contributed by atoms with van der Waals surface area (Å²) >= 11 is 0. The molecule has 0 radical (unpaired) electrons. The molecule has 1 atom stereocenters. The zero-order valence-corrected chi connectivity index (χ0v) is 16.7. The lowest BCUT2D eigenvalue weighted by atomic mass is 9.75. The summed E-state index contributed by atoms with van der Waals surface area (Å²) in [5.74, 6) is -2.82. The molecule has 0 aromatic carbocycles. The Morgan fingerprint density at radius 3 is 1.67 bits per heavy atom. The van der Waals surface area contributed by atoms with Crippen LogP contribution in [-0.4, -0.2) is 33.2 Å². The molecule has 6 nitrogen and oxygen atoms in total. The molecule has 0 amide bonds. The van der Waals surface area contributed by atoms with Crippen LogP contribution in [-0.2, 0) is 14.4 Å². The summed E-state index contributed by atoms with van der Waals surface area (Å²) < 4.78 is 0. The molecule has 0 aromatic heterocycles. The summed E-state index contributed by atoms with van der Waals surface area (Å²) in [7, 11) is 0. The molecule has 0 heterocycles. The summed E-state index contributed by atoms with van der Waals surface area (Å²) in [5.41, 5.74) is 0.585. The smallest absolute Gasteiger partial charge is 0.330 e. The van der Waals surface area contributed by atoms with Crippen molar-refractivity contribution < 1.29 is 29.7 Å². The highest BCUT2D eigenvalue weighted by molar-refractivity contribution is 5.86. The van der Waals surface area contributed by atoms with Crippen molar-refractivity contribution in [3.63, 3.8) is 0 Å². The van der Waals surface area contributed by atoms with E-state index in [0.717, 1.165) is 25.7 Å². The second kappa shape index (κ2) is 12.1. The van der Waals surface area contributed by atoms with Gasteiger partial charge >= 0.3 is 17.9 Å². The summed E-state index contributed by atoms with van der Waals surface area (Å²) in [6.07, 6.45) is 10.3. The second-order valence-corrected chi connectivity index (χ2v) is 7.02. The molecule has 0 fully saturated rings. The van der Waals surface area contributed by atoms with Gasteiger partial charge in [-0.25, -0.2) is 14.4 Å². The van der Waals surface area contributed by atoms with E-state index in [1.54, 1.807) is 39.0 Å². The van der Waals surface area contributed by atoms with Crippen molar-refractivity contribution in [1.29, 1.82) is 0 Å². The van der Waals surface area contributed by atoms with Gasteiger partial charge in [-0.05, 0) is 64.7 Å². The van der Waals surface area contributed by atoms with Crippen molar-refractivity contribution in [2.75, 3.05) is 0 Å². The quantitative estimate of drug-likeness (QED) is 0.312. The normalized spacial score (nSPS) is 15.3. The minimum Gasteiger partial charge on any atom is -0.478 e. The topological polar surface area (TPSA) is 112 Å². The monoisotopic (exact) mass is 380 g/mol. The van der Waals surface area contributed by atoms with Gasteiger partial charge in [0.05, 0.1) is 0 Å². The first-order chi connectivity index (χ1) is 12.5. The number of allylic oxidation sites excluding steroid dienone is 3. The van der Waals surface area contributed by atoms with Crippen LogP contribution >= 0.6 is 0 Å². The van der Waals surface area contributed by atoms with Gasteiger partial charge in [0.1, 0.15) is 0 Å². The van der Waals surface area contributed by atoms with Crippen LogP contribution in [0.15, 0.2) is 34.9 Å². The third kappa shape index (κ3) is 9.78. The maximum atomic E-state index is 11.3. The minimum absolute atomic E-state index is 0.285. The summed E-state index contributed by atoms with van der Waals surface area (Å²) in [6, 6.07) is 0. The predicted octanol–water partition coefficient (Wildman–Crippen LogP) is 4.82. The first kappa shape index (κ1) is 24.6. The van der Waals surface area contributed by atoms with Crippen molar-refractivity contribution in [3.8, 4) is 0 Å². The minimum atomic E-state index is -0.954. The molecule has 27 heavy (non-hydrogen) atoms. The Hall–Kier alpha value is -2.37. The van der Waals surface area contributed by atoms with Crippen LogP contribution in [0, 0.1) is 5.41 Å². The maximum absolute atomic E-state index is 11.3. The van der Waals surface area contributed by atoms with Crippen molar-refractivity contribution in [2.45, 2.75) is 72.6 Å². The van der Waals surface area contributed by atoms with Crippen LogP contribution in [0.4, 0.5) is 0 Å². The molecule has 0 aliphatic rings. The van der Waals surface area contributed by atoms with Crippen LogP contribution in [0.1, 0.15) is 72.6 Å². The molecule has 152 valence electrons. The SMILES string of the molecule is CCC(C=C(C)C(=O)O)(CCC=C(C)C(=O)O)CCCCC=C(C)C(=O)O. The fraction of sp³-hybridized carbons (Fsp3) is 0.571. The molecular formula is C21H32O6. The number of carboxylic acid groups (broad SMARTS) is 3. The van der Waals surface area contributed by atoms with E-state index in [1.165, 1.54) is 0 Å². The Balaban J connectivity index is 5.11. The molecule has 0 aliphatic heterocycles. The number of hydrogen-bond acceptors (Lipinski definition) is 3. The highest BCUT2D eigenvalue weighted by Crippen LogP contribution is 2.37. The number of aliphatic carboxylic acids is 3. The third-order valence-corrected chi connectivity index (χ3v) is 4.91. The van der Waals surface area contributed by atoms with E-state index >= 15 is 0 Å². The summed E-state index contributed by atoms with van der Waals surface area (Å²) in [5, 5.41) is 27.1. The van der Waals surface area contributed by atoms with Crippen LogP contribution in [0.5, 0.6) is 0 Å². The number of hydrogen-bond donors (Lipinski definition) is 3. The molecule has 0 saturated carbocycles. The number of carboxylic acids is 3. The Labute approximate surface area is 161 Å². The van der Waals surface area contributed by atoms with E-state index in [2.05, 4.69) is 0 Å². The molecule has 6 heteroatoms. The van der Waals surface area contributed by atoms with E-state index in [0.29, 0.717) is 24.8 Å². The van der Waals surface area contributed by atoms with Gasteiger partial charge in [0.15, 0.2) is 0 Å². The second-order valence-electron chi connectivity index (χ2n) is 7.02. The fourth-order valence-electron chi connectivity index (χ4n) is 2.94. The molecule has 0 bridgehead atoms. The van der Waals surface area contributed by atoms with Crippen molar-refractivity contribution in [2.24, 2.45) is 5.41 Å². The predicted molar refractivity (Wildman–Crippen MR) is 105 cm³/mol. The first-order valence-corrected chi connectivity index (χ1v) is 9.27. The first-order valence-electron chi connectivity index (χ1n) is 9.27. The zero-order valence-electron chi connectivity index (χ0n) is 16.7. The fourth-order valence-corrected chi connectivity index (χ4v) is 2.94. The molecule has 1 unspecified atom stereocenters. The zero-order chi connectivity index (χ0) is 21.0. The lowest BCUT2D eigenvalue weighted by Gasteiger charge is -2.30. The summed E-state index contributed by atoms with van der Waals surface area (Å²) in [6.45, 7) is 6.69. The lowest BCUT2D eigenvalue weighted by molar-refractivity contribution is -0.133. The molecule has 0 aliphatic carbocycles. The van der Waals surface area contributed by atoms with E-state index in [-0.39, 0.29) is 16.6 Å². The van der Waals surface area contributed by atoms with E-state index in [4.69, 9.17) is 10.2 Å². The van der Waals surface area contributed by atoms with Gasteiger partial charge in [-0.2, -0.15) is 0 Å². The highest BCUT2D eigenvalue weighted by atomic mass is 16.4. The van der Waals surface area contributed by atoms with E-state index in [1.807, 2.05) is 6.92 Å². The van der Waals surface area contributed by atoms with Crippen molar-refractivity contribution >= 4 is 17.9 Å². The van der Waals surface area contributed by atoms with Gasteiger partial charge in [0.25, 0.3) is 0 Å². The van der Waals surface area contributed by atoms with Crippen molar-refractivity contribution in [3.05, 3.63) is 34.9 Å². The van der Waals surface area contributed by atoms with E-state index < -0.39 is 17.9 Å².